The molecule has 0 radical (unpaired) electrons. The number of rotatable bonds is 6. The van der Waals surface area contributed by atoms with Crippen LogP contribution in [-0.2, 0) is 9.47 Å². The Hall–Kier alpha value is -1.95. The number of carbonyl (C=O) groups is 2. The first kappa shape index (κ1) is 14.1. The minimum absolute atomic E-state index is 0.00446. The molecule has 1 heterocycles. The molecule has 6 nitrogen and oxygen atoms in total. The highest BCUT2D eigenvalue weighted by Crippen LogP contribution is 2.05. The minimum Gasteiger partial charge on any atom is -0.477 e. The lowest BCUT2D eigenvalue weighted by molar-refractivity contribution is 0.0390. The lowest BCUT2D eigenvalue weighted by Crippen LogP contribution is -2.13. The maximum absolute atomic E-state index is 11.6. The Morgan fingerprint density at radius 3 is 2.83 bits per heavy atom. The number of hydrogen-bond acceptors (Lipinski definition) is 5. The van der Waals surface area contributed by atoms with Gasteiger partial charge in [0.05, 0.1) is 18.3 Å². The molecule has 6 heteroatoms. The first-order chi connectivity index (χ1) is 8.54. The summed E-state index contributed by atoms with van der Waals surface area (Å²) in [4.78, 5) is 25.9. The van der Waals surface area contributed by atoms with Crippen LogP contribution in [0.15, 0.2) is 18.3 Å². The van der Waals surface area contributed by atoms with Crippen molar-refractivity contribution in [3.63, 3.8) is 0 Å². The Bertz CT molecular complexity index is 432. The first-order valence-electron chi connectivity index (χ1n) is 5.44. The number of esters is 1. The van der Waals surface area contributed by atoms with E-state index in [1.165, 1.54) is 18.3 Å². The largest absolute Gasteiger partial charge is 0.477 e. The van der Waals surface area contributed by atoms with Gasteiger partial charge in [0.15, 0.2) is 0 Å². The van der Waals surface area contributed by atoms with E-state index in [-0.39, 0.29) is 24.0 Å². The zero-order chi connectivity index (χ0) is 13.5. The first-order valence-corrected chi connectivity index (χ1v) is 5.44. The smallest absolute Gasteiger partial charge is 0.354 e. The summed E-state index contributed by atoms with van der Waals surface area (Å²) in [5.41, 5.74) is -0.0119. The highest BCUT2D eigenvalue weighted by Gasteiger charge is 2.12. The maximum atomic E-state index is 11.6. The predicted molar refractivity (Wildman–Crippen MR) is 62.6 cm³/mol. The number of hydrogen-bond donors (Lipinski definition) is 1. The average Bonchev–Trinajstić information content (AvgIpc) is 2.38. The minimum atomic E-state index is -1.18. The molecule has 1 N–H and O–H groups in total. The Kier molecular flexibility index (Phi) is 5.26. The number of methoxy groups -OCH3 is 1. The monoisotopic (exact) mass is 253 g/mol. The quantitative estimate of drug-likeness (QED) is 0.770. The Labute approximate surface area is 105 Å². The van der Waals surface area contributed by atoms with Crippen LogP contribution in [0, 0.1) is 0 Å². The highest BCUT2D eigenvalue weighted by molar-refractivity contribution is 5.93. The lowest BCUT2D eigenvalue weighted by Gasteiger charge is -2.09. The number of carboxylic acids is 1. The molecule has 0 aliphatic rings. The molecule has 0 aliphatic carbocycles. The summed E-state index contributed by atoms with van der Waals surface area (Å²) in [5, 5.41) is 8.74. The van der Waals surface area contributed by atoms with Crippen molar-refractivity contribution >= 4 is 11.9 Å². The van der Waals surface area contributed by atoms with Crippen molar-refractivity contribution in [2.45, 2.75) is 19.4 Å². The summed E-state index contributed by atoms with van der Waals surface area (Å²) >= 11 is 0. The molecule has 1 rings (SSSR count). The fourth-order valence-electron chi connectivity index (χ4n) is 1.19. The molecule has 0 aromatic carbocycles. The highest BCUT2D eigenvalue weighted by atomic mass is 16.5. The standard InChI is InChI=1S/C12H15NO5/c1-8(17-2)4-6-18-12(16)9-3-5-13-10(7-9)11(14)15/h3,5,7-8H,4,6H2,1-2H3,(H,14,15). The topological polar surface area (TPSA) is 85.7 Å². The summed E-state index contributed by atoms with van der Waals surface area (Å²) in [7, 11) is 1.58. The van der Waals surface area contributed by atoms with Gasteiger partial charge in [-0.15, -0.1) is 0 Å². The molecule has 98 valence electrons. The van der Waals surface area contributed by atoms with Gasteiger partial charge >= 0.3 is 11.9 Å². The number of carbonyl (C=O) groups excluding carboxylic acids is 1. The van der Waals surface area contributed by atoms with E-state index >= 15 is 0 Å². The Morgan fingerprint density at radius 2 is 2.22 bits per heavy atom. The van der Waals surface area contributed by atoms with Gasteiger partial charge in [0.2, 0.25) is 0 Å². The molecule has 1 aromatic heterocycles. The van der Waals surface area contributed by atoms with E-state index in [2.05, 4.69) is 4.98 Å². The van der Waals surface area contributed by atoms with Crippen LogP contribution in [0.2, 0.25) is 0 Å². The molecule has 0 fully saturated rings. The summed E-state index contributed by atoms with van der Waals surface area (Å²) < 4.78 is 10.0. The van der Waals surface area contributed by atoms with Crippen molar-refractivity contribution in [2.24, 2.45) is 0 Å². The third-order valence-corrected chi connectivity index (χ3v) is 2.37. The third-order valence-electron chi connectivity index (χ3n) is 2.37. The molecule has 18 heavy (non-hydrogen) atoms. The second-order valence-electron chi connectivity index (χ2n) is 3.71. The molecule has 0 saturated heterocycles. The van der Waals surface area contributed by atoms with Crippen LogP contribution >= 0.6 is 0 Å². The predicted octanol–water partition coefficient (Wildman–Crippen LogP) is 1.36. The Balaban J connectivity index is 2.56. The van der Waals surface area contributed by atoms with Crippen LogP contribution in [-0.4, -0.2) is 41.8 Å². The zero-order valence-electron chi connectivity index (χ0n) is 10.3. The van der Waals surface area contributed by atoms with Crippen molar-refractivity contribution < 1.29 is 24.2 Å². The summed E-state index contributed by atoms with van der Waals surface area (Å²) in [5.74, 6) is -1.75. The van der Waals surface area contributed by atoms with Gasteiger partial charge in [-0.25, -0.2) is 14.6 Å². The van der Waals surface area contributed by atoms with Gasteiger partial charge in [0.25, 0.3) is 0 Å². The molecular formula is C12H15NO5. The summed E-state index contributed by atoms with van der Waals surface area (Å²) in [6.07, 6.45) is 1.85. The molecule has 0 spiro atoms. The molecule has 0 bridgehead atoms. The van der Waals surface area contributed by atoms with Crippen LogP contribution in [0.3, 0.4) is 0 Å². The van der Waals surface area contributed by atoms with Gasteiger partial charge in [-0.2, -0.15) is 0 Å². The molecule has 1 unspecified atom stereocenters. The molecule has 1 atom stereocenters. The summed E-state index contributed by atoms with van der Waals surface area (Å²) in [6.45, 7) is 2.08. The van der Waals surface area contributed by atoms with Gasteiger partial charge in [-0.3, -0.25) is 0 Å². The van der Waals surface area contributed by atoms with Crippen LogP contribution in [0.25, 0.3) is 0 Å². The normalized spacial score (nSPS) is 11.9. The van der Waals surface area contributed by atoms with Gasteiger partial charge < -0.3 is 14.6 Å². The van der Waals surface area contributed by atoms with Gasteiger partial charge in [-0.1, -0.05) is 0 Å². The number of ether oxygens (including phenoxy) is 2. The number of carboxylic acid groups (broad SMARTS) is 1. The van der Waals surface area contributed by atoms with Crippen LogP contribution in [0.1, 0.15) is 34.2 Å². The van der Waals surface area contributed by atoms with Crippen molar-refractivity contribution in [1.29, 1.82) is 0 Å². The number of aromatic carboxylic acids is 1. The van der Waals surface area contributed by atoms with Crippen molar-refractivity contribution in [3.05, 3.63) is 29.6 Å². The van der Waals surface area contributed by atoms with Crippen LogP contribution in [0.5, 0.6) is 0 Å². The fourth-order valence-corrected chi connectivity index (χ4v) is 1.19. The van der Waals surface area contributed by atoms with Crippen LogP contribution in [0.4, 0.5) is 0 Å². The van der Waals surface area contributed by atoms with E-state index in [1.807, 2.05) is 6.92 Å². The number of aromatic nitrogens is 1. The number of pyridine rings is 1. The second-order valence-corrected chi connectivity index (χ2v) is 3.71. The van der Waals surface area contributed by atoms with Crippen molar-refractivity contribution in [2.75, 3.05) is 13.7 Å². The summed E-state index contributed by atoms with van der Waals surface area (Å²) in [6, 6.07) is 2.60. The molecular weight excluding hydrogens is 238 g/mol. The van der Waals surface area contributed by atoms with Gasteiger partial charge in [-0.05, 0) is 19.1 Å². The van der Waals surface area contributed by atoms with E-state index in [9.17, 15) is 9.59 Å². The second kappa shape index (κ2) is 6.70. The molecule has 1 aromatic rings. The molecule has 0 aliphatic heterocycles. The average molecular weight is 253 g/mol. The van der Waals surface area contributed by atoms with E-state index < -0.39 is 11.9 Å². The van der Waals surface area contributed by atoms with Crippen LogP contribution < -0.4 is 0 Å². The van der Waals surface area contributed by atoms with Crippen molar-refractivity contribution in [3.8, 4) is 0 Å². The lowest BCUT2D eigenvalue weighted by atomic mass is 10.2. The van der Waals surface area contributed by atoms with E-state index in [4.69, 9.17) is 14.6 Å². The van der Waals surface area contributed by atoms with E-state index in [0.717, 1.165) is 0 Å². The molecule has 0 amide bonds. The third kappa shape index (κ3) is 4.14. The van der Waals surface area contributed by atoms with E-state index in [0.29, 0.717) is 6.42 Å². The fraction of sp³-hybridized carbons (Fsp3) is 0.417. The van der Waals surface area contributed by atoms with Crippen molar-refractivity contribution in [1.82, 2.24) is 4.98 Å². The number of nitrogens with zero attached hydrogens (tertiary/aromatic N) is 1. The van der Waals surface area contributed by atoms with Gasteiger partial charge in [0.1, 0.15) is 5.69 Å². The zero-order valence-corrected chi connectivity index (χ0v) is 10.3. The van der Waals surface area contributed by atoms with E-state index in [1.54, 1.807) is 7.11 Å². The maximum Gasteiger partial charge on any atom is 0.354 e. The Morgan fingerprint density at radius 1 is 1.50 bits per heavy atom. The SMILES string of the molecule is COC(C)CCOC(=O)c1ccnc(C(=O)O)c1. The molecule has 0 saturated carbocycles. The van der Waals surface area contributed by atoms with Gasteiger partial charge in [0, 0.05) is 19.7 Å².